The highest BCUT2D eigenvalue weighted by Crippen LogP contribution is 2.24. The molecule has 0 radical (unpaired) electrons. The average Bonchev–Trinajstić information content (AvgIpc) is 2.47. The first-order valence-corrected chi connectivity index (χ1v) is 5.55. The highest BCUT2D eigenvalue weighted by molar-refractivity contribution is 14.1. The van der Waals surface area contributed by atoms with Crippen molar-refractivity contribution < 1.29 is 5.11 Å². The summed E-state index contributed by atoms with van der Waals surface area (Å²) >= 11 is 3.88. The van der Waals surface area contributed by atoms with Gasteiger partial charge in [0, 0.05) is 6.42 Å². The Balaban J connectivity index is 2.54. The Hall–Kier alpha value is -0.0500. The molecule has 1 heterocycles. The summed E-state index contributed by atoms with van der Waals surface area (Å²) < 4.78 is 1.20. The van der Waals surface area contributed by atoms with Gasteiger partial charge in [0.15, 0.2) is 0 Å². The van der Waals surface area contributed by atoms with Gasteiger partial charge in [-0.1, -0.05) is 0 Å². The van der Waals surface area contributed by atoms with Crippen LogP contribution in [0.4, 0.5) is 0 Å². The molecule has 0 bridgehead atoms. The molecule has 3 heteroatoms. The maximum atomic E-state index is 9.57. The van der Waals surface area contributed by atoms with E-state index in [1.165, 1.54) is 2.88 Å². The van der Waals surface area contributed by atoms with E-state index in [2.05, 4.69) is 28.5 Å². The van der Waals surface area contributed by atoms with Crippen molar-refractivity contribution in [1.82, 2.24) is 0 Å². The summed E-state index contributed by atoms with van der Waals surface area (Å²) in [6, 6.07) is 1.99. The molecular weight excluding hydrogens is 283 g/mol. The second-order valence-electron chi connectivity index (χ2n) is 2.44. The largest absolute Gasteiger partial charge is 0.388 e. The van der Waals surface area contributed by atoms with Crippen molar-refractivity contribution in [2.75, 3.05) is 0 Å². The molecule has 1 N–H and O–H groups in total. The summed E-state index contributed by atoms with van der Waals surface area (Å²) in [6.07, 6.45) is 6.00. The Labute approximate surface area is 90.0 Å². The van der Waals surface area contributed by atoms with Gasteiger partial charge in [-0.25, -0.2) is 0 Å². The second-order valence-corrected chi connectivity index (χ2v) is 5.25. The summed E-state index contributed by atoms with van der Waals surface area (Å²) in [7, 11) is 0. The third-order valence-corrected chi connectivity index (χ3v) is 3.34. The number of rotatable bonds is 3. The summed E-state index contributed by atoms with van der Waals surface area (Å²) in [5.41, 5.74) is 0.986. The minimum absolute atomic E-state index is 0.388. The van der Waals surface area contributed by atoms with Crippen LogP contribution in [0.25, 0.3) is 0 Å². The van der Waals surface area contributed by atoms with Crippen LogP contribution in [0.3, 0.4) is 0 Å². The molecule has 0 aromatic carbocycles. The Bertz CT molecular complexity index is 287. The number of thiophene rings is 1. The van der Waals surface area contributed by atoms with Gasteiger partial charge in [0.25, 0.3) is 0 Å². The molecule has 0 aliphatic carbocycles. The summed E-state index contributed by atoms with van der Waals surface area (Å²) in [5.74, 6) is 2.52. The molecule has 0 saturated carbocycles. The van der Waals surface area contributed by atoms with Gasteiger partial charge in [0.05, 0.1) is 8.99 Å². The topological polar surface area (TPSA) is 20.2 Å². The van der Waals surface area contributed by atoms with Gasteiger partial charge in [0.2, 0.25) is 0 Å². The molecule has 0 fully saturated rings. The Morgan fingerprint density at radius 2 is 2.50 bits per heavy atom. The molecule has 1 atom stereocenters. The lowest BCUT2D eigenvalue weighted by atomic mass is 10.1. The number of aliphatic hydroxyl groups is 1. The molecule has 1 aromatic heterocycles. The molecule has 0 spiro atoms. The zero-order chi connectivity index (χ0) is 8.97. The standard InChI is InChI=1S/C9H9IOS/c1-2-3-4-8(11)7-5-9(10)12-6-7/h1,5-6,8,11H,3-4H2. The fourth-order valence-corrected chi connectivity index (χ4v) is 2.30. The summed E-state index contributed by atoms with van der Waals surface area (Å²) in [5, 5.41) is 11.5. The molecule has 0 saturated heterocycles. The highest BCUT2D eigenvalue weighted by Gasteiger charge is 2.07. The van der Waals surface area contributed by atoms with Gasteiger partial charge in [-0.05, 0) is 46.0 Å². The number of halogens is 1. The normalized spacial score (nSPS) is 12.4. The van der Waals surface area contributed by atoms with Gasteiger partial charge in [0.1, 0.15) is 0 Å². The van der Waals surface area contributed by atoms with Gasteiger partial charge in [-0.2, -0.15) is 0 Å². The van der Waals surface area contributed by atoms with Crippen LogP contribution in [0, 0.1) is 15.2 Å². The van der Waals surface area contributed by atoms with Crippen LogP contribution in [-0.2, 0) is 0 Å². The summed E-state index contributed by atoms with van der Waals surface area (Å²) in [6.45, 7) is 0. The number of aliphatic hydroxyl groups excluding tert-OH is 1. The van der Waals surface area contributed by atoms with Crippen LogP contribution in [0.5, 0.6) is 0 Å². The molecule has 1 unspecified atom stereocenters. The van der Waals surface area contributed by atoms with E-state index in [1.54, 1.807) is 11.3 Å². The molecular formula is C9H9IOS. The van der Waals surface area contributed by atoms with Crippen LogP contribution < -0.4 is 0 Å². The molecule has 0 aliphatic heterocycles. The van der Waals surface area contributed by atoms with E-state index < -0.39 is 0 Å². The SMILES string of the molecule is C#CCCC(O)c1csc(I)c1. The van der Waals surface area contributed by atoms with Crippen LogP contribution in [0.2, 0.25) is 0 Å². The van der Waals surface area contributed by atoms with Crippen LogP contribution in [0.15, 0.2) is 11.4 Å². The first-order valence-electron chi connectivity index (χ1n) is 3.59. The molecule has 12 heavy (non-hydrogen) atoms. The van der Waals surface area contributed by atoms with E-state index in [0.29, 0.717) is 12.8 Å². The van der Waals surface area contributed by atoms with Crippen LogP contribution in [0.1, 0.15) is 24.5 Å². The number of hydrogen-bond donors (Lipinski definition) is 1. The predicted octanol–water partition coefficient (Wildman–Crippen LogP) is 2.80. The zero-order valence-electron chi connectivity index (χ0n) is 6.46. The van der Waals surface area contributed by atoms with E-state index in [1.807, 2.05) is 11.4 Å². The van der Waals surface area contributed by atoms with Crippen molar-refractivity contribution in [3.8, 4) is 12.3 Å². The maximum Gasteiger partial charge on any atom is 0.0807 e. The minimum atomic E-state index is -0.388. The molecule has 1 nitrogen and oxygen atoms in total. The fraction of sp³-hybridized carbons (Fsp3) is 0.333. The third-order valence-electron chi connectivity index (χ3n) is 1.53. The Kier molecular flexibility index (Phi) is 4.06. The van der Waals surface area contributed by atoms with E-state index in [4.69, 9.17) is 6.42 Å². The average molecular weight is 292 g/mol. The van der Waals surface area contributed by atoms with Crippen molar-refractivity contribution in [1.29, 1.82) is 0 Å². The lowest BCUT2D eigenvalue weighted by molar-refractivity contribution is 0.170. The highest BCUT2D eigenvalue weighted by atomic mass is 127. The molecule has 64 valence electrons. The van der Waals surface area contributed by atoms with Crippen LogP contribution >= 0.6 is 33.9 Å². The first kappa shape index (κ1) is 10.0. The molecule has 1 rings (SSSR count). The quantitative estimate of drug-likeness (QED) is 0.671. The number of hydrogen-bond acceptors (Lipinski definition) is 2. The zero-order valence-corrected chi connectivity index (χ0v) is 9.43. The van der Waals surface area contributed by atoms with E-state index in [0.717, 1.165) is 5.56 Å². The van der Waals surface area contributed by atoms with Crippen LogP contribution in [-0.4, -0.2) is 5.11 Å². The van der Waals surface area contributed by atoms with Crippen molar-refractivity contribution in [2.24, 2.45) is 0 Å². The first-order chi connectivity index (χ1) is 5.74. The number of terminal acetylenes is 1. The van der Waals surface area contributed by atoms with Crippen molar-refractivity contribution >= 4 is 33.9 Å². The van der Waals surface area contributed by atoms with Gasteiger partial charge < -0.3 is 5.11 Å². The maximum absolute atomic E-state index is 9.57. The van der Waals surface area contributed by atoms with Gasteiger partial charge in [-0.15, -0.1) is 23.7 Å². The Morgan fingerprint density at radius 3 is 3.00 bits per heavy atom. The van der Waals surface area contributed by atoms with Crippen molar-refractivity contribution in [3.05, 3.63) is 19.9 Å². The lowest BCUT2D eigenvalue weighted by Crippen LogP contribution is -1.93. The molecule has 0 amide bonds. The lowest BCUT2D eigenvalue weighted by Gasteiger charge is -2.04. The Morgan fingerprint density at radius 1 is 1.75 bits per heavy atom. The van der Waals surface area contributed by atoms with Gasteiger partial charge >= 0.3 is 0 Å². The monoisotopic (exact) mass is 292 g/mol. The van der Waals surface area contributed by atoms with Crippen molar-refractivity contribution in [2.45, 2.75) is 18.9 Å². The second kappa shape index (κ2) is 4.85. The van der Waals surface area contributed by atoms with E-state index >= 15 is 0 Å². The minimum Gasteiger partial charge on any atom is -0.388 e. The van der Waals surface area contributed by atoms with Gasteiger partial charge in [-0.3, -0.25) is 0 Å². The molecule has 1 aromatic rings. The predicted molar refractivity (Wildman–Crippen MR) is 60.1 cm³/mol. The smallest absolute Gasteiger partial charge is 0.0807 e. The van der Waals surface area contributed by atoms with E-state index in [9.17, 15) is 5.11 Å². The fourth-order valence-electron chi connectivity index (χ4n) is 0.885. The molecule has 0 aliphatic rings. The summed E-state index contributed by atoms with van der Waals surface area (Å²) in [4.78, 5) is 0. The third kappa shape index (κ3) is 2.77. The van der Waals surface area contributed by atoms with E-state index in [-0.39, 0.29) is 6.10 Å². The van der Waals surface area contributed by atoms with Crippen molar-refractivity contribution in [3.63, 3.8) is 0 Å².